The first-order valence-corrected chi connectivity index (χ1v) is 8.63. The maximum atomic E-state index is 12.5. The lowest BCUT2D eigenvalue weighted by molar-refractivity contribution is 0.311. The monoisotopic (exact) mass is 334 g/mol. The fraction of sp³-hybridized carbons (Fsp3) is 0.250. The van der Waals surface area contributed by atoms with Crippen LogP contribution in [-0.4, -0.2) is 35.7 Å². The highest BCUT2D eigenvalue weighted by Gasteiger charge is 2.20. The Morgan fingerprint density at radius 2 is 1.91 bits per heavy atom. The number of likely N-dealkylation sites (N-methyl/N-ethyl adjacent to an activating group) is 1. The lowest BCUT2D eigenvalue weighted by Gasteiger charge is -2.28. The van der Waals surface area contributed by atoms with Crippen LogP contribution in [0, 0.1) is 0 Å². The van der Waals surface area contributed by atoms with Crippen LogP contribution < -0.4 is 19.1 Å². The van der Waals surface area contributed by atoms with Crippen LogP contribution in [0.1, 0.15) is 0 Å². The van der Waals surface area contributed by atoms with Gasteiger partial charge in [0, 0.05) is 12.7 Å². The summed E-state index contributed by atoms with van der Waals surface area (Å²) in [7, 11) is -0.191. The summed E-state index contributed by atoms with van der Waals surface area (Å²) in [6, 6.07) is 11.6. The van der Waals surface area contributed by atoms with Crippen LogP contribution in [0.5, 0.6) is 11.5 Å². The third-order valence-electron chi connectivity index (χ3n) is 3.68. The normalized spacial score (nSPS) is 13.9. The van der Waals surface area contributed by atoms with Gasteiger partial charge in [-0.2, -0.15) is 0 Å². The summed E-state index contributed by atoms with van der Waals surface area (Å²) in [6.07, 6.45) is 0. The van der Waals surface area contributed by atoms with Gasteiger partial charge in [0.15, 0.2) is 0 Å². The average Bonchev–Trinajstić information content (AvgIpc) is 2.55. The molecule has 2 aromatic rings. The molecule has 1 aliphatic rings. The first kappa shape index (κ1) is 15.5. The van der Waals surface area contributed by atoms with E-state index in [2.05, 4.69) is 4.72 Å². The number of methoxy groups -OCH3 is 1. The van der Waals surface area contributed by atoms with Crippen LogP contribution in [0.2, 0.25) is 0 Å². The van der Waals surface area contributed by atoms with Gasteiger partial charge in [0.2, 0.25) is 0 Å². The van der Waals surface area contributed by atoms with E-state index in [0.717, 1.165) is 12.2 Å². The molecule has 0 saturated carbocycles. The Hall–Kier alpha value is -2.41. The number of hydrogen-bond donors (Lipinski definition) is 1. The minimum atomic E-state index is -3.66. The Morgan fingerprint density at radius 3 is 2.61 bits per heavy atom. The van der Waals surface area contributed by atoms with E-state index in [1.54, 1.807) is 49.6 Å². The van der Waals surface area contributed by atoms with Crippen molar-refractivity contribution in [3.8, 4) is 11.5 Å². The molecule has 23 heavy (non-hydrogen) atoms. The molecule has 1 N–H and O–H groups in total. The smallest absolute Gasteiger partial charge is 0.261 e. The number of hydrogen-bond acceptors (Lipinski definition) is 5. The van der Waals surface area contributed by atoms with Gasteiger partial charge in [0.05, 0.1) is 24.2 Å². The summed E-state index contributed by atoms with van der Waals surface area (Å²) in [4.78, 5) is 2.18. The van der Waals surface area contributed by atoms with Gasteiger partial charge < -0.3 is 14.4 Å². The summed E-state index contributed by atoms with van der Waals surface area (Å²) >= 11 is 0. The van der Waals surface area contributed by atoms with Crippen molar-refractivity contribution in [1.82, 2.24) is 0 Å². The zero-order valence-corrected chi connectivity index (χ0v) is 13.8. The van der Waals surface area contributed by atoms with Crippen LogP contribution in [0.3, 0.4) is 0 Å². The van der Waals surface area contributed by atoms with E-state index in [9.17, 15) is 8.42 Å². The summed E-state index contributed by atoms with van der Waals surface area (Å²) in [5.41, 5.74) is 1.25. The van der Waals surface area contributed by atoms with Gasteiger partial charge in [-0.15, -0.1) is 0 Å². The second-order valence-corrected chi connectivity index (χ2v) is 6.92. The molecule has 7 heteroatoms. The first-order chi connectivity index (χ1) is 11.0. The quantitative estimate of drug-likeness (QED) is 0.929. The van der Waals surface area contributed by atoms with Crippen LogP contribution in [-0.2, 0) is 10.0 Å². The van der Waals surface area contributed by atoms with E-state index in [0.29, 0.717) is 23.8 Å². The molecule has 122 valence electrons. The summed E-state index contributed by atoms with van der Waals surface area (Å²) in [5, 5.41) is 0. The van der Waals surface area contributed by atoms with Gasteiger partial charge in [-0.05, 0) is 42.5 Å². The Labute approximate surface area is 135 Å². The first-order valence-electron chi connectivity index (χ1n) is 7.14. The van der Waals surface area contributed by atoms with Crippen molar-refractivity contribution in [3.05, 3.63) is 42.5 Å². The fourth-order valence-corrected chi connectivity index (χ4v) is 3.45. The molecule has 0 aliphatic carbocycles. The summed E-state index contributed by atoms with van der Waals surface area (Å²) in [6.45, 7) is 1.32. The lowest BCUT2D eigenvalue weighted by Crippen LogP contribution is -2.29. The van der Waals surface area contributed by atoms with Gasteiger partial charge in [-0.25, -0.2) is 8.42 Å². The molecular weight excluding hydrogens is 316 g/mol. The second-order valence-electron chi connectivity index (χ2n) is 5.23. The van der Waals surface area contributed by atoms with Crippen LogP contribution in [0.4, 0.5) is 11.4 Å². The van der Waals surface area contributed by atoms with E-state index in [4.69, 9.17) is 9.47 Å². The fourth-order valence-electron chi connectivity index (χ4n) is 2.37. The SMILES string of the molecule is COc1ccc(NS(=O)(=O)c2ccc3c(c2)N(C)CCO3)cc1. The van der Waals surface area contributed by atoms with Crippen molar-refractivity contribution in [2.45, 2.75) is 4.90 Å². The Morgan fingerprint density at radius 1 is 1.17 bits per heavy atom. The van der Waals surface area contributed by atoms with Gasteiger partial charge in [-0.1, -0.05) is 0 Å². The third kappa shape index (κ3) is 3.19. The van der Waals surface area contributed by atoms with Crippen molar-refractivity contribution in [2.24, 2.45) is 0 Å². The molecule has 0 saturated heterocycles. The molecule has 3 rings (SSSR count). The topological polar surface area (TPSA) is 67.9 Å². The second kappa shape index (κ2) is 6.00. The molecule has 0 spiro atoms. The van der Waals surface area contributed by atoms with Crippen LogP contribution >= 0.6 is 0 Å². The highest BCUT2D eigenvalue weighted by molar-refractivity contribution is 7.92. The van der Waals surface area contributed by atoms with Gasteiger partial charge in [0.25, 0.3) is 10.0 Å². The number of anilines is 2. The van der Waals surface area contributed by atoms with E-state index in [1.807, 2.05) is 11.9 Å². The number of ether oxygens (including phenoxy) is 2. The Bertz CT molecular complexity index is 803. The third-order valence-corrected chi connectivity index (χ3v) is 5.06. The summed E-state index contributed by atoms with van der Waals surface area (Å²) in [5.74, 6) is 1.36. The molecule has 2 aromatic carbocycles. The zero-order chi connectivity index (χ0) is 16.4. The molecule has 0 fully saturated rings. The van der Waals surface area contributed by atoms with E-state index in [1.165, 1.54) is 0 Å². The number of rotatable bonds is 4. The van der Waals surface area contributed by atoms with Gasteiger partial charge in [0.1, 0.15) is 18.1 Å². The molecule has 0 atom stereocenters. The van der Waals surface area contributed by atoms with E-state index >= 15 is 0 Å². The van der Waals surface area contributed by atoms with Gasteiger partial charge in [-0.3, -0.25) is 4.72 Å². The highest BCUT2D eigenvalue weighted by atomic mass is 32.2. The molecule has 0 bridgehead atoms. The minimum absolute atomic E-state index is 0.199. The molecular formula is C16H18N2O4S. The maximum Gasteiger partial charge on any atom is 0.261 e. The zero-order valence-electron chi connectivity index (χ0n) is 12.9. The van der Waals surface area contributed by atoms with E-state index in [-0.39, 0.29) is 4.90 Å². The molecule has 1 aliphatic heterocycles. The predicted octanol–water partition coefficient (Wildman–Crippen LogP) is 2.32. The van der Waals surface area contributed by atoms with Crippen molar-refractivity contribution in [2.75, 3.05) is 36.9 Å². The number of nitrogens with zero attached hydrogens (tertiary/aromatic N) is 1. The van der Waals surface area contributed by atoms with Crippen molar-refractivity contribution >= 4 is 21.4 Å². The molecule has 0 amide bonds. The largest absolute Gasteiger partial charge is 0.497 e. The number of sulfonamides is 1. The number of fused-ring (bicyclic) bond motifs is 1. The predicted molar refractivity (Wildman–Crippen MR) is 89.0 cm³/mol. The molecule has 0 aromatic heterocycles. The summed E-state index contributed by atoms with van der Waals surface area (Å²) < 4.78 is 38.3. The van der Waals surface area contributed by atoms with E-state index < -0.39 is 10.0 Å². The average molecular weight is 334 g/mol. The van der Waals surface area contributed by atoms with Gasteiger partial charge >= 0.3 is 0 Å². The van der Waals surface area contributed by atoms with Crippen LogP contribution in [0.25, 0.3) is 0 Å². The van der Waals surface area contributed by atoms with Crippen molar-refractivity contribution in [3.63, 3.8) is 0 Å². The number of nitrogens with one attached hydrogen (secondary N) is 1. The Balaban J connectivity index is 1.88. The molecule has 0 unspecified atom stereocenters. The molecule has 1 heterocycles. The standard InChI is InChI=1S/C16H18N2O4S/c1-18-9-10-22-16-8-7-14(11-15(16)18)23(19,20)17-12-3-5-13(21-2)6-4-12/h3-8,11,17H,9-10H2,1-2H3. The number of benzene rings is 2. The lowest BCUT2D eigenvalue weighted by atomic mass is 10.2. The van der Waals surface area contributed by atoms with Crippen molar-refractivity contribution in [1.29, 1.82) is 0 Å². The maximum absolute atomic E-state index is 12.5. The minimum Gasteiger partial charge on any atom is -0.497 e. The molecule has 6 nitrogen and oxygen atoms in total. The van der Waals surface area contributed by atoms with Crippen LogP contribution in [0.15, 0.2) is 47.4 Å². The van der Waals surface area contributed by atoms with Crippen molar-refractivity contribution < 1.29 is 17.9 Å². The molecule has 0 radical (unpaired) electrons. The highest BCUT2D eigenvalue weighted by Crippen LogP contribution is 2.33. The Kier molecular flexibility index (Phi) is 4.04.